The number of nitrogens with zero attached hydrogens (tertiary/aromatic N) is 2. The highest BCUT2D eigenvalue weighted by molar-refractivity contribution is 6.13. The number of morpholine rings is 1. The predicted molar refractivity (Wildman–Crippen MR) is 130 cm³/mol. The van der Waals surface area contributed by atoms with Crippen LogP contribution in [0.1, 0.15) is 21.9 Å². The van der Waals surface area contributed by atoms with Crippen molar-refractivity contribution < 1.29 is 47.3 Å². The Balaban J connectivity index is 1.49. The van der Waals surface area contributed by atoms with Crippen molar-refractivity contribution in [2.75, 3.05) is 54.2 Å². The molecule has 38 heavy (non-hydrogen) atoms. The topological polar surface area (TPSA) is 146 Å². The van der Waals surface area contributed by atoms with Crippen LogP contribution in [0.2, 0.25) is 0 Å². The highest BCUT2D eigenvalue weighted by Gasteiger charge is 2.34. The van der Waals surface area contributed by atoms with Crippen LogP contribution >= 0.6 is 0 Å². The standard InChI is InChI=1S/C25H27N3O10/c1-33-19-11-15(12-20(34-2)22(19)37-14-21(29)27-6-8-36-9-7-27)10-17-23(30)28(25(32)26-17)13-16-4-5-18(38-16)24(31)35-3/h4-5,10-12H,6-9,13-14H2,1-3H3,(H,26,32)/b17-10-. The van der Waals surface area contributed by atoms with Gasteiger partial charge in [0, 0.05) is 13.1 Å². The summed E-state index contributed by atoms with van der Waals surface area (Å²) in [5, 5.41) is 2.52. The second-order valence-corrected chi connectivity index (χ2v) is 8.17. The Morgan fingerprint density at radius 3 is 2.37 bits per heavy atom. The molecule has 1 N–H and O–H groups in total. The Morgan fingerprint density at radius 2 is 1.74 bits per heavy atom. The molecule has 2 saturated heterocycles. The molecule has 2 aliphatic heterocycles. The first-order valence-corrected chi connectivity index (χ1v) is 11.6. The van der Waals surface area contributed by atoms with Crippen molar-refractivity contribution in [3.05, 3.63) is 47.0 Å². The minimum atomic E-state index is -0.671. The number of furan rings is 1. The second-order valence-electron chi connectivity index (χ2n) is 8.17. The van der Waals surface area contributed by atoms with E-state index in [4.69, 9.17) is 23.4 Å². The van der Waals surface area contributed by atoms with Crippen LogP contribution in [0.3, 0.4) is 0 Å². The van der Waals surface area contributed by atoms with E-state index in [0.29, 0.717) is 31.9 Å². The maximum atomic E-state index is 12.9. The van der Waals surface area contributed by atoms with E-state index in [-0.39, 0.29) is 53.5 Å². The average Bonchev–Trinajstić information content (AvgIpc) is 3.51. The van der Waals surface area contributed by atoms with Gasteiger partial charge in [-0.2, -0.15) is 0 Å². The molecule has 2 aromatic rings. The minimum Gasteiger partial charge on any atom is -0.493 e. The van der Waals surface area contributed by atoms with Crippen LogP contribution in [-0.4, -0.2) is 87.9 Å². The highest BCUT2D eigenvalue weighted by Crippen LogP contribution is 2.39. The molecule has 202 valence electrons. The number of ether oxygens (including phenoxy) is 5. The number of amides is 4. The summed E-state index contributed by atoms with van der Waals surface area (Å²) in [5.41, 5.74) is 0.483. The second kappa shape index (κ2) is 11.7. The van der Waals surface area contributed by atoms with Crippen LogP contribution in [0.15, 0.2) is 34.4 Å². The minimum absolute atomic E-state index is 0.00928. The summed E-state index contributed by atoms with van der Waals surface area (Å²) >= 11 is 0. The van der Waals surface area contributed by atoms with Gasteiger partial charge in [0.2, 0.25) is 11.5 Å². The van der Waals surface area contributed by atoms with Crippen molar-refractivity contribution in [2.45, 2.75) is 6.54 Å². The first-order chi connectivity index (χ1) is 18.3. The molecule has 0 spiro atoms. The van der Waals surface area contributed by atoms with Crippen molar-refractivity contribution in [2.24, 2.45) is 0 Å². The molecule has 13 nitrogen and oxygen atoms in total. The molecule has 0 aliphatic carbocycles. The van der Waals surface area contributed by atoms with Crippen LogP contribution in [0.25, 0.3) is 6.08 Å². The first kappa shape index (κ1) is 26.5. The Labute approximate surface area is 217 Å². The van der Waals surface area contributed by atoms with Crippen molar-refractivity contribution in [3.63, 3.8) is 0 Å². The molecular formula is C25H27N3O10. The van der Waals surface area contributed by atoms with Crippen molar-refractivity contribution >= 4 is 29.9 Å². The Morgan fingerprint density at radius 1 is 1.05 bits per heavy atom. The molecule has 1 aromatic carbocycles. The van der Waals surface area contributed by atoms with E-state index < -0.39 is 17.9 Å². The van der Waals surface area contributed by atoms with Crippen LogP contribution in [0.4, 0.5) is 4.79 Å². The molecule has 3 heterocycles. The Kier molecular flexibility index (Phi) is 8.16. The van der Waals surface area contributed by atoms with Crippen molar-refractivity contribution in [1.82, 2.24) is 15.1 Å². The van der Waals surface area contributed by atoms with Crippen LogP contribution in [0, 0.1) is 0 Å². The van der Waals surface area contributed by atoms with Gasteiger partial charge in [0.05, 0.1) is 41.1 Å². The van der Waals surface area contributed by atoms with Gasteiger partial charge in [-0.3, -0.25) is 14.5 Å². The molecule has 0 unspecified atom stereocenters. The Hall–Kier alpha value is -4.52. The molecule has 0 bridgehead atoms. The molecule has 0 atom stereocenters. The van der Waals surface area contributed by atoms with Gasteiger partial charge in [0.1, 0.15) is 11.5 Å². The number of esters is 1. The fraction of sp³-hybridized carbons (Fsp3) is 0.360. The first-order valence-electron chi connectivity index (χ1n) is 11.6. The number of hydrogen-bond donors (Lipinski definition) is 1. The van der Waals surface area contributed by atoms with Gasteiger partial charge in [0.15, 0.2) is 18.1 Å². The van der Waals surface area contributed by atoms with Crippen molar-refractivity contribution in [1.29, 1.82) is 0 Å². The molecule has 2 aliphatic rings. The number of hydrogen-bond acceptors (Lipinski definition) is 10. The molecule has 2 fully saturated rings. The van der Waals surface area contributed by atoms with Gasteiger partial charge in [-0.1, -0.05) is 0 Å². The van der Waals surface area contributed by atoms with Gasteiger partial charge >= 0.3 is 12.0 Å². The molecule has 13 heteroatoms. The lowest BCUT2D eigenvalue weighted by atomic mass is 10.1. The van der Waals surface area contributed by atoms with Gasteiger partial charge < -0.3 is 38.3 Å². The zero-order chi connectivity index (χ0) is 27.2. The number of nitrogens with one attached hydrogen (secondary N) is 1. The number of carbonyl (C=O) groups excluding carboxylic acids is 4. The summed E-state index contributed by atoms with van der Waals surface area (Å²) in [6.45, 7) is 1.53. The monoisotopic (exact) mass is 529 g/mol. The van der Waals surface area contributed by atoms with Gasteiger partial charge in [0.25, 0.3) is 11.8 Å². The number of urea groups is 1. The number of imide groups is 1. The smallest absolute Gasteiger partial charge is 0.373 e. The van der Waals surface area contributed by atoms with E-state index in [2.05, 4.69) is 10.1 Å². The van der Waals surface area contributed by atoms with E-state index in [1.54, 1.807) is 17.0 Å². The molecule has 0 radical (unpaired) electrons. The largest absolute Gasteiger partial charge is 0.493 e. The lowest BCUT2D eigenvalue weighted by Gasteiger charge is -2.27. The molecular weight excluding hydrogens is 502 g/mol. The van der Waals surface area contributed by atoms with Crippen LogP contribution in [0.5, 0.6) is 17.2 Å². The lowest BCUT2D eigenvalue weighted by molar-refractivity contribution is -0.137. The maximum Gasteiger partial charge on any atom is 0.373 e. The number of carbonyl (C=O) groups is 4. The van der Waals surface area contributed by atoms with E-state index in [1.165, 1.54) is 39.5 Å². The van der Waals surface area contributed by atoms with Crippen molar-refractivity contribution in [3.8, 4) is 17.2 Å². The summed E-state index contributed by atoms with van der Waals surface area (Å²) in [7, 11) is 4.07. The Bertz CT molecular complexity index is 1240. The summed E-state index contributed by atoms with van der Waals surface area (Å²) in [6.07, 6.45) is 1.45. The predicted octanol–water partition coefficient (Wildman–Crippen LogP) is 1.41. The fourth-order valence-electron chi connectivity index (χ4n) is 3.87. The molecule has 4 rings (SSSR count). The fourth-order valence-corrected chi connectivity index (χ4v) is 3.87. The quantitative estimate of drug-likeness (QED) is 0.287. The zero-order valence-electron chi connectivity index (χ0n) is 21.1. The van der Waals surface area contributed by atoms with Crippen LogP contribution in [-0.2, 0) is 25.6 Å². The lowest BCUT2D eigenvalue weighted by Crippen LogP contribution is -2.43. The van der Waals surface area contributed by atoms with Gasteiger partial charge in [-0.15, -0.1) is 0 Å². The van der Waals surface area contributed by atoms with Gasteiger partial charge in [-0.05, 0) is 35.9 Å². The average molecular weight is 530 g/mol. The molecule has 4 amide bonds. The number of benzene rings is 1. The summed E-state index contributed by atoms with van der Waals surface area (Å²) in [5.74, 6) is -0.518. The van der Waals surface area contributed by atoms with E-state index >= 15 is 0 Å². The maximum absolute atomic E-state index is 12.9. The van der Waals surface area contributed by atoms with Crippen LogP contribution < -0.4 is 19.5 Å². The highest BCUT2D eigenvalue weighted by atomic mass is 16.5. The molecule has 0 saturated carbocycles. The number of rotatable bonds is 9. The molecule has 1 aromatic heterocycles. The third kappa shape index (κ3) is 5.72. The zero-order valence-corrected chi connectivity index (χ0v) is 21.1. The summed E-state index contributed by atoms with van der Waals surface area (Å²) in [4.78, 5) is 52.1. The number of methoxy groups -OCH3 is 3. The SMILES string of the molecule is COC(=O)c1ccc(CN2C(=O)N/C(=C\c3cc(OC)c(OCC(=O)N4CCOCC4)c(OC)c3)C2=O)o1. The van der Waals surface area contributed by atoms with E-state index in [9.17, 15) is 19.2 Å². The van der Waals surface area contributed by atoms with E-state index in [1.807, 2.05) is 0 Å². The summed E-state index contributed by atoms with van der Waals surface area (Å²) in [6, 6.07) is 5.39. The van der Waals surface area contributed by atoms with E-state index in [0.717, 1.165) is 4.90 Å². The summed E-state index contributed by atoms with van der Waals surface area (Å²) < 4.78 is 31.8. The van der Waals surface area contributed by atoms with Gasteiger partial charge in [-0.25, -0.2) is 9.59 Å². The third-order valence-electron chi connectivity index (χ3n) is 5.82. The normalized spacial score (nSPS) is 16.4. The third-order valence-corrected chi connectivity index (χ3v) is 5.82.